The van der Waals surface area contributed by atoms with Gasteiger partial charge in [-0.05, 0) is 37.6 Å². The van der Waals surface area contributed by atoms with Gasteiger partial charge in [0.25, 0.3) is 0 Å². The number of benzene rings is 1. The van der Waals surface area contributed by atoms with Crippen LogP contribution in [0.5, 0.6) is 0 Å². The average molecular weight is 379 g/mol. The Hall–Kier alpha value is -3.29. The van der Waals surface area contributed by atoms with Gasteiger partial charge in [-0.15, -0.1) is 0 Å². The van der Waals surface area contributed by atoms with Crippen molar-refractivity contribution in [2.45, 2.75) is 19.6 Å². The first kappa shape index (κ1) is 18.1. The third-order valence-corrected chi connectivity index (χ3v) is 5.28. The summed E-state index contributed by atoms with van der Waals surface area (Å²) in [5, 5.41) is 15.2. The van der Waals surface area contributed by atoms with Crippen LogP contribution in [0.25, 0.3) is 0 Å². The zero-order chi connectivity index (χ0) is 19.7. The molecule has 8 nitrogen and oxygen atoms in total. The van der Waals surface area contributed by atoms with Crippen LogP contribution in [0.15, 0.2) is 47.8 Å². The smallest absolute Gasteiger partial charge is 0.205 e. The van der Waals surface area contributed by atoms with Crippen molar-refractivity contribution in [1.29, 1.82) is 5.41 Å². The summed E-state index contributed by atoms with van der Waals surface area (Å²) in [5.74, 6) is 1.91. The van der Waals surface area contributed by atoms with E-state index in [1.165, 1.54) is 5.56 Å². The minimum Gasteiger partial charge on any atom is -0.370 e. The number of likely N-dealkylation sites (tertiary alicyclic amines) is 1. The molecule has 1 aromatic carbocycles. The molecular formula is C20H25N7O. The summed E-state index contributed by atoms with van der Waals surface area (Å²) in [7, 11) is 1.98. The highest BCUT2D eigenvalue weighted by molar-refractivity contribution is 5.99. The first-order chi connectivity index (χ1) is 13.5. The van der Waals surface area contributed by atoms with Gasteiger partial charge in [-0.3, -0.25) is 5.41 Å². The number of nitrogens with zero attached hydrogens (tertiary/aromatic N) is 4. The molecule has 4 rings (SSSR count). The van der Waals surface area contributed by atoms with E-state index in [-0.39, 0.29) is 18.1 Å². The topological polar surface area (TPSA) is 103 Å². The lowest BCUT2D eigenvalue weighted by molar-refractivity contribution is -0.0191. The molecule has 0 spiro atoms. The quantitative estimate of drug-likeness (QED) is 0.556. The monoisotopic (exact) mass is 379 g/mol. The van der Waals surface area contributed by atoms with Crippen molar-refractivity contribution in [3.63, 3.8) is 0 Å². The van der Waals surface area contributed by atoms with E-state index < -0.39 is 0 Å². The van der Waals surface area contributed by atoms with Crippen LogP contribution < -0.4 is 11.1 Å². The molecule has 0 saturated carbocycles. The number of amidine groups is 1. The van der Waals surface area contributed by atoms with Gasteiger partial charge in [-0.1, -0.05) is 22.9 Å². The summed E-state index contributed by atoms with van der Waals surface area (Å²) in [6, 6.07) is 12.1. The van der Waals surface area contributed by atoms with Crippen molar-refractivity contribution in [3.8, 4) is 0 Å². The highest BCUT2D eigenvalue weighted by Crippen LogP contribution is 2.28. The minimum absolute atomic E-state index is 0.116. The maximum absolute atomic E-state index is 7.59. The first-order valence-corrected chi connectivity index (χ1v) is 9.37. The first-order valence-electron chi connectivity index (χ1n) is 9.37. The SMILES string of the molecule is Cc1ccc(Nc2ccc(C3=NOC([C@@H]4CCN(C(=N)N)C4)N3C)cn2)cc1. The lowest BCUT2D eigenvalue weighted by Gasteiger charge is -2.25. The molecule has 1 unspecified atom stereocenters. The third-order valence-electron chi connectivity index (χ3n) is 5.28. The summed E-state index contributed by atoms with van der Waals surface area (Å²) in [4.78, 5) is 14.1. The Bertz CT molecular complexity index is 878. The van der Waals surface area contributed by atoms with Crippen molar-refractivity contribution in [2.24, 2.45) is 16.8 Å². The Labute approximate surface area is 164 Å². The van der Waals surface area contributed by atoms with E-state index in [1.807, 2.05) is 41.1 Å². The molecule has 0 radical (unpaired) electrons. The maximum atomic E-state index is 7.59. The van der Waals surface area contributed by atoms with Gasteiger partial charge in [0.05, 0.1) is 0 Å². The number of anilines is 2. The van der Waals surface area contributed by atoms with Crippen LogP contribution in [-0.2, 0) is 4.84 Å². The van der Waals surface area contributed by atoms with Crippen molar-refractivity contribution in [3.05, 3.63) is 53.7 Å². The highest BCUT2D eigenvalue weighted by atomic mass is 16.7. The fourth-order valence-electron chi connectivity index (χ4n) is 3.64. The van der Waals surface area contributed by atoms with Crippen molar-refractivity contribution in [2.75, 3.05) is 25.5 Å². The second kappa shape index (κ2) is 7.38. The van der Waals surface area contributed by atoms with Gasteiger partial charge in [0.1, 0.15) is 5.82 Å². The molecule has 0 amide bonds. The largest absolute Gasteiger partial charge is 0.370 e. The van der Waals surface area contributed by atoms with Crippen LogP contribution in [0.4, 0.5) is 11.5 Å². The van der Waals surface area contributed by atoms with Crippen molar-refractivity contribution in [1.82, 2.24) is 14.8 Å². The van der Waals surface area contributed by atoms with E-state index in [0.29, 0.717) is 6.54 Å². The number of oxime groups is 1. The van der Waals surface area contributed by atoms with Crippen molar-refractivity contribution >= 4 is 23.3 Å². The standard InChI is InChI=1S/C20H25N7O/c1-13-3-6-16(7-4-13)24-17-8-5-14(11-23-17)18-25-28-19(26(18)2)15-9-10-27(12-15)20(21)22/h3-8,11,15,19H,9-10,12H2,1-2H3,(H3,21,22)(H,23,24)/t15-,19?/m1/s1. The normalized spacial score (nSPS) is 21.4. The van der Waals surface area contributed by atoms with Crippen LogP contribution in [0, 0.1) is 18.3 Å². The number of pyridine rings is 1. The number of rotatable bonds is 4. The molecule has 0 aliphatic carbocycles. The molecule has 8 heteroatoms. The number of hydrogen-bond donors (Lipinski definition) is 3. The summed E-state index contributed by atoms with van der Waals surface area (Å²) >= 11 is 0. The molecule has 1 saturated heterocycles. The van der Waals surface area contributed by atoms with Crippen molar-refractivity contribution < 1.29 is 4.84 Å². The predicted octanol–water partition coefficient (Wildman–Crippen LogP) is 2.30. The zero-order valence-electron chi connectivity index (χ0n) is 16.1. The second-order valence-corrected chi connectivity index (χ2v) is 7.32. The Kier molecular flexibility index (Phi) is 4.77. The molecular weight excluding hydrogens is 354 g/mol. The molecule has 146 valence electrons. The van der Waals surface area contributed by atoms with Gasteiger partial charge in [0.15, 0.2) is 11.8 Å². The molecule has 2 atom stereocenters. The van der Waals surface area contributed by atoms with Crippen LogP contribution in [0.1, 0.15) is 17.5 Å². The maximum Gasteiger partial charge on any atom is 0.205 e. The predicted molar refractivity (Wildman–Crippen MR) is 109 cm³/mol. The van der Waals surface area contributed by atoms with Gasteiger partial charge < -0.3 is 25.7 Å². The highest BCUT2D eigenvalue weighted by Gasteiger charge is 2.39. The van der Waals surface area contributed by atoms with Gasteiger partial charge in [-0.25, -0.2) is 4.98 Å². The Morgan fingerprint density at radius 1 is 1.25 bits per heavy atom. The zero-order valence-corrected chi connectivity index (χ0v) is 16.1. The molecule has 1 aromatic heterocycles. The number of aryl methyl sites for hydroxylation is 1. The Morgan fingerprint density at radius 3 is 2.68 bits per heavy atom. The van der Waals surface area contributed by atoms with Crippen LogP contribution in [0.2, 0.25) is 0 Å². The third kappa shape index (κ3) is 3.58. The average Bonchev–Trinajstić information content (AvgIpc) is 3.31. The van der Waals surface area contributed by atoms with Crippen LogP contribution in [0.3, 0.4) is 0 Å². The molecule has 2 aliphatic heterocycles. The molecule has 2 aliphatic rings. The fourth-order valence-corrected chi connectivity index (χ4v) is 3.64. The fraction of sp³-hybridized carbons (Fsp3) is 0.350. The van der Waals surface area contributed by atoms with Crippen LogP contribution >= 0.6 is 0 Å². The van der Waals surface area contributed by atoms with Gasteiger partial charge >= 0.3 is 0 Å². The lowest BCUT2D eigenvalue weighted by atomic mass is 10.1. The van der Waals surface area contributed by atoms with E-state index >= 15 is 0 Å². The Balaban J connectivity index is 1.40. The van der Waals surface area contributed by atoms with E-state index in [4.69, 9.17) is 16.0 Å². The molecule has 1 fully saturated rings. The molecule has 28 heavy (non-hydrogen) atoms. The van der Waals surface area contributed by atoms with E-state index in [0.717, 1.165) is 35.9 Å². The number of aromatic nitrogens is 1. The molecule has 3 heterocycles. The Morgan fingerprint density at radius 2 is 2.04 bits per heavy atom. The molecule has 0 bridgehead atoms. The van der Waals surface area contributed by atoms with Crippen LogP contribution in [-0.4, -0.2) is 52.9 Å². The summed E-state index contributed by atoms with van der Waals surface area (Å²) in [6.07, 6.45) is 2.58. The number of nitrogens with two attached hydrogens (primary N) is 1. The van der Waals surface area contributed by atoms with E-state index in [1.54, 1.807) is 6.20 Å². The van der Waals surface area contributed by atoms with E-state index in [2.05, 4.69) is 34.5 Å². The number of guanidine groups is 1. The number of nitrogens with one attached hydrogen (secondary N) is 2. The summed E-state index contributed by atoms with van der Waals surface area (Å²) < 4.78 is 0. The lowest BCUT2D eigenvalue weighted by Crippen LogP contribution is -2.41. The summed E-state index contributed by atoms with van der Waals surface area (Å²) in [6.45, 7) is 3.56. The van der Waals surface area contributed by atoms with Gasteiger partial charge in [0, 0.05) is 43.5 Å². The van der Waals surface area contributed by atoms with Gasteiger partial charge in [0.2, 0.25) is 6.23 Å². The second-order valence-electron chi connectivity index (χ2n) is 7.32. The minimum atomic E-state index is -0.148. The van der Waals surface area contributed by atoms with Gasteiger partial charge in [-0.2, -0.15) is 0 Å². The molecule has 2 aromatic rings. The molecule has 4 N–H and O–H groups in total. The number of hydrogen-bond acceptors (Lipinski definition) is 6. The van der Waals surface area contributed by atoms with E-state index in [9.17, 15) is 0 Å². The summed E-state index contributed by atoms with van der Waals surface area (Å²) in [5.41, 5.74) is 8.73.